The van der Waals surface area contributed by atoms with Gasteiger partial charge in [-0.1, -0.05) is 0 Å². The van der Waals surface area contributed by atoms with Crippen LogP contribution in [0, 0.1) is 0 Å². The summed E-state index contributed by atoms with van der Waals surface area (Å²) >= 11 is 0. The molecule has 0 aromatic carbocycles. The topological polar surface area (TPSA) is 98.0 Å². The minimum Gasteiger partial charge on any atom is -0.384 e. The molecular weight excluding hydrogens is 332 g/mol. The van der Waals surface area contributed by atoms with Gasteiger partial charge in [0.25, 0.3) is 10.2 Å². The Labute approximate surface area is 142 Å². The Morgan fingerprint density at radius 2 is 1.96 bits per heavy atom. The SMILES string of the molecule is Nc1cc(CC[C@@H]2CN(S(=O)(=O)N3CCOCC3)CCO2)ccn1. The van der Waals surface area contributed by atoms with Crippen LogP contribution in [-0.4, -0.2) is 74.1 Å². The third kappa shape index (κ3) is 4.22. The Morgan fingerprint density at radius 3 is 2.71 bits per heavy atom. The van der Waals surface area contributed by atoms with Gasteiger partial charge in [0.05, 0.1) is 25.9 Å². The van der Waals surface area contributed by atoms with E-state index in [9.17, 15) is 8.42 Å². The number of aromatic nitrogens is 1. The zero-order valence-electron chi connectivity index (χ0n) is 13.6. The fourth-order valence-corrected chi connectivity index (χ4v) is 4.59. The van der Waals surface area contributed by atoms with Crippen LogP contribution in [-0.2, 0) is 26.1 Å². The van der Waals surface area contributed by atoms with Crippen molar-refractivity contribution in [1.82, 2.24) is 13.6 Å². The Balaban J connectivity index is 1.57. The quantitative estimate of drug-likeness (QED) is 0.789. The van der Waals surface area contributed by atoms with Gasteiger partial charge < -0.3 is 15.2 Å². The van der Waals surface area contributed by atoms with Crippen molar-refractivity contribution in [3.8, 4) is 0 Å². The molecule has 2 fully saturated rings. The van der Waals surface area contributed by atoms with Gasteiger partial charge in [0.2, 0.25) is 0 Å². The van der Waals surface area contributed by atoms with Gasteiger partial charge >= 0.3 is 0 Å². The second kappa shape index (κ2) is 7.75. The van der Waals surface area contributed by atoms with Crippen LogP contribution in [0.2, 0.25) is 0 Å². The van der Waals surface area contributed by atoms with E-state index in [-0.39, 0.29) is 6.10 Å². The van der Waals surface area contributed by atoms with E-state index in [0.29, 0.717) is 51.8 Å². The van der Waals surface area contributed by atoms with Gasteiger partial charge in [0.1, 0.15) is 5.82 Å². The summed E-state index contributed by atoms with van der Waals surface area (Å²) < 4.78 is 39.5. The number of nitrogens with two attached hydrogens (primary N) is 1. The maximum Gasteiger partial charge on any atom is 0.282 e. The molecule has 24 heavy (non-hydrogen) atoms. The highest BCUT2D eigenvalue weighted by Crippen LogP contribution is 2.18. The van der Waals surface area contributed by atoms with Crippen LogP contribution in [0.1, 0.15) is 12.0 Å². The molecule has 9 heteroatoms. The molecule has 2 aliphatic rings. The number of rotatable bonds is 5. The fourth-order valence-electron chi connectivity index (χ4n) is 2.99. The van der Waals surface area contributed by atoms with Crippen molar-refractivity contribution in [3.63, 3.8) is 0 Å². The zero-order valence-corrected chi connectivity index (χ0v) is 14.5. The molecule has 0 radical (unpaired) electrons. The van der Waals surface area contributed by atoms with Crippen molar-refractivity contribution in [2.24, 2.45) is 0 Å². The number of hydrogen-bond donors (Lipinski definition) is 1. The van der Waals surface area contributed by atoms with E-state index >= 15 is 0 Å². The van der Waals surface area contributed by atoms with E-state index in [0.717, 1.165) is 18.4 Å². The highest BCUT2D eigenvalue weighted by atomic mass is 32.2. The molecule has 1 atom stereocenters. The molecule has 0 amide bonds. The maximum atomic E-state index is 12.7. The lowest BCUT2D eigenvalue weighted by Crippen LogP contribution is -2.53. The van der Waals surface area contributed by atoms with E-state index < -0.39 is 10.2 Å². The predicted molar refractivity (Wildman–Crippen MR) is 89.6 cm³/mol. The molecule has 0 bridgehead atoms. The molecule has 3 rings (SSSR count). The van der Waals surface area contributed by atoms with E-state index in [1.54, 1.807) is 6.20 Å². The lowest BCUT2D eigenvalue weighted by molar-refractivity contribution is -0.00866. The molecule has 0 aliphatic carbocycles. The molecule has 0 spiro atoms. The van der Waals surface area contributed by atoms with Crippen LogP contribution in [0.4, 0.5) is 5.82 Å². The standard InChI is InChI=1S/C15H24N4O4S/c16-15-11-13(3-4-17-15)1-2-14-12-19(7-10-23-14)24(20,21)18-5-8-22-9-6-18/h3-4,11,14H,1-2,5-10,12H2,(H2,16,17)/t14-/m1/s1. The van der Waals surface area contributed by atoms with Crippen molar-refractivity contribution >= 4 is 16.0 Å². The van der Waals surface area contributed by atoms with Gasteiger partial charge in [-0.15, -0.1) is 0 Å². The first-order chi connectivity index (χ1) is 11.6. The Morgan fingerprint density at radius 1 is 1.21 bits per heavy atom. The monoisotopic (exact) mass is 356 g/mol. The van der Waals surface area contributed by atoms with Crippen LogP contribution in [0.15, 0.2) is 18.3 Å². The predicted octanol–water partition coefficient (Wildman–Crippen LogP) is -0.126. The largest absolute Gasteiger partial charge is 0.384 e. The smallest absolute Gasteiger partial charge is 0.282 e. The average molecular weight is 356 g/mol. The third-order valence-electron chi connectivity index (χ3n) is 4.32. The molecule has 8 nitrogen and oxygen atoms in total. The number of anilines is 1. The number of morpholine rings is 2. The molecule has 2 aliphatic heterocycles. The van der Waals surface area contributed by atoms with Crippen molar-refractivity contribution in [2.45, 2.75) is 18.9 Å². The molecule has 3 heterocycles. The van der Waals surface area contributed by atoms with Gasteiger partial charge in [-0.3, -0.25) is 0 Å². The summed E-state index contributed by atoms with van der Waals surface area (Å²) in [4.78, 5) is 3.97. The summed E-state index contributed by atoms with van der Waals surface area (Å²) in [7, 11) is -3.43. The molecule has 2 saturated heterocycles. The van der Waals surface area contributed by atoms with E-state index in [1.807, 2.05) is 12.1 Å². The number of nitrogens with zero attached hydrogens (tertiary/aromatic N) is 3. The van der Waals surface area contributed by atoms with Gasteiger partial charge in [-0.25, -0.2) is 4.98 Å². The zero-order chi connectivity index (χ0) is 17.0. The van der Waals surface area contributed by atoms with Gasteiger partial charge in [0, 0.05) is 32.4 Å². The molecule has 0 unspecified atom stereocenters. The Hall–Kier alpha value is -1.26. The number of ether oxygens (including phenoxy) is 2. The van der Waals surface area contributed by atoms with Crippen molar-refractivity contribution in [1.29, 1.82) is 0 Å². The summed E-state index contributed by atoms with van der Waals surface area (Å²) in [5.41, 5.74) is 6.77. The summed E-state index contributed by atoms with van der Waals surface area (Å²) in [6.07, 6.45) is 3.10. The first-order valence-corrected chi connectivity index (χ1v) is 9.60. The van der Waals surface area contributed by atoms with Gasteiger partial charge in [-0.2, -0.15) is 17.0 Å². The van der Waals surface area contributed by atoms with Crippen LogP contribution in [0.3, 0.4) is 0 Å². The fraction of sp³-hybridized carbons (Fsp3) is 0.667. The second-order valence-corrected chi connectivity index (χ2v) is 7.93. The Bertz CT molecular complexity index is 649. The van der Waals surface area contributed by atoms with Gasteiger partial charge in [-0.05, 0) is 30.5 Å². The van der Waals surface area contributed by atoms with Crippen LogP contribution < -0.4 is 5.73 Å². The van der Waals surface area contributed by atoms with Crippen molar-refractivity contribution in [2.75, 3.05) is 51.7 Å². The number of pyridine rings is 1. The molecular formula is C15H24N4O4S. The van der Waals surface area contributed by atoms with E-state index in [2.05, 4.69) is 4.98 Å². The number of nitrogen functional groups attached to an aromatic ring is 1. The number of aryl methyl sites for hydroxylation is 1. The van der Waals surface area contributed by atoms with E-state index in [4.69, 9.17) is 15.2 Å². The Kier molecular flexibility index (Phi) is 5.67. The molecule has 2 N–H and O–H groups in total. The summed E-state index contributed by atoms with van der Waals surface area (Å²) in [5, 5.41) is 0. The minimum absolute atomic E-state index is 0.107. The lowest BCUT2D eigenvalue weighted by atomic mass is 10.1. The van der Waals surface area contributed by atoms with Crippen LogP contribution in [0.25, 0.3) is 0 Å². The first-order valence-electron chi connectivity index (χ1n) is 8.21. The first kappa shape index (κ1) is 17.6. The van der Waals surface area contributed by atoms with Crippen molar-refractivity contribution < 1.29 is 17.9 Å². The molecule has 1 aromatic rings. The minimum atomic E-state index is -3.43. The summed E-state index contributed by atoms with van der Waals surface area (Å²) in [6, 6.07) is 3.76. The summed E-state index contributed by atoms with van der Waals surface area (Å²) in [6.45, 7) is 2.96. The van der Waals surface area contributed by atoms with Crippen molar-refractivity contribution in [3.05, 3.63) is 23.9 Å². The number of hydrogen-bond acceptors (Lipinski definition) is 6. The van der Waals surface area contributed by atoms with E-state index in [1.165, 1.54) is 8.61 Å². The molecule has 134 valence electrons. The summed E-state index contributed by atoms with van der Waals surface area (Å²) in [5.74, 6) is 0.494. The normalized spacial score (nSPS) is 24.1. The van der Waals surface area contributed by atoms with Crippen LogP contribution >= 0.6 is 0 Å². The average Bonchev–Trinajstić information content (AvgIpc) is 2.61. The highest BCUT2D eigenvalue weighted by molar-refractivity contribution is 7.86. The third-order valence-corrected chi connectivity index (χ3v) is 6.33. The molecule has 1 aromatic heterocycles. The lowest BCUT2D eigenvalue weighted by Gasteiger charge is -2.36. The maximum absolute atomic E-state index is 12.7. The molecule has 0 saturated carbocycles. The van der Waals surface area contributed by atoms with Crippen LogP contribution in [0.5, 0.6) is 0 Å². The second-order valence-electron chi connectivity index (χ2n) is 6.00. The van der Waals surface area contributed by atoms with Gasteiger partial charge in [0.15, 0.2) is 0 Å². The highest BCUT2D eigenvalue weighted by Gasteiger charge is 2.34.